The van der Waals surface area contributed by atoms with Crippen molar-refractivity contribution in [2.45, 2.75) is 19.3 Å². The molecule has 0 N–H and O–H groups in total. The van der Waals surface area contributed by atoms with Gasteiger partial charge in [0.2, 0.25) is 0 Å². The number of non-ortho nitro benzene ring substituents is 1. The number of rotatable bonds is 5. The second kappa shape index (κ2) is 6.72. The van der Waals surface area contributed by atoms with Crippen LogP contribution < -0.4 is 4.74 Å². The van der Waals surface area contributed by atoms with E-state index in [4.69, 9.17) is 4.74 Å². The molecule has 2 rings (SSSR count). The number of aryl methyl sites for hydroxylation is 1. The van der Waals surface area contributed by atoms with Crippen molar-refractivity contribution in [2.24, 2.45) is 0 Å². The summed E-state index contributed by atoms with van der Waals surface area (Å²) in [6.45, 7) is 1.98. The van der Waals surface area contributed by atoms with Gasteiger partial charge in [-0.1, -0.05) is 29.8 Å². The van der Waals surface area contributed by atoms with Crippen LogP contribution in [0.15, 0.2) is 42.5 Å². The van der Waals surface area contributed by atoms with Gasteiger partial charge in [-0.3, -0.25) is 10.1 Å². The molecule has 5 nitrogen and oxygen atoms in total. The van der Waals surface area contributed by atoms with Gasteiger partial charge in [0.25, 0.3) is 5.69 Å². The van der Waals surface area contributed by atoms with E-state index in [9.17, 15) is 15.4 Å². The zero-order chi connectivity index (χ0) is 16.1. The zero-order valence-electron chi connectivity index (χ0n) is 12.4. The van der Waals surface area contributed by atoms with E-state index in [0.717, 1.165) is 22.4 Å². The first-order chi connectivity index (χ1) is 10.5. The topological polar surface area (TPSA) is 76.2 Å². The minimum atomic E-state index is -0.450. The van der Waals surface area contributed by atoms with Crippen LogP contribution in [0.25, 0.3) is 0 Å². The van der Waals surface area contributed by atoms with E-state index in [-0.39, 0.29) is 11.6 Å². The fraction of sp³-hybridized carbons (Fsp3) is 0.235. The number of benzene rings is 2. The van der Waals surface area contributed by atoms with Crippen LogP contribution >= 0.6 is 0 Å². The number of hydrogen-bond acceptors (Lipinski definition) is 4. The van der Waals surface area contributed by atoms with Crippen molar-refractivity contribution in [3.63, 3.8) is 0 Å². The van der Waals surface area contributed by atoms with Crippen LogP contribution in [-0.4, -0.2) is 12.0 Å². The summed E-state index contributed by atoms with van der Waals surface area (Å²) in [5.74, 6) is 0.365. The first kappa shape index (κ1) is 15.5. The summed E-state index contributed by atoms with van der Waals surface area (Å²) in [6.07, 6.45) is 0.499. The standard InChI is InChI=1S/C17H16N2O3/c1-12-3-8-17(22-2)14(9-12)10-15(11-18)13-4-6-16(7-5-13)19(20)21/h3-9,15H,10H2,1-2H3. The Bertz CT molecular complexity index is 718. The Morgan fingerprint density at radius 2 is 1.95 bits per heavy atom. The first-order valence-corrected chi connectivity index (χ1v) is 6.82. The molecule has 0 saturated carbocycles. The van der Waals surface area contributed by atoms with Gasteiger partial charge in [0, 0.05) is 12.1 Å². The van der Waals surface area contributed by atoms with Gasteiger partial charge in [-0.2, -0.15) is 5.26 Å². The lowest BCUT2D eigenvalue weighted by molar-refractivity contribution is -0.384. The van der Waals surface area contributed by atoms with Crippen LogP contribution in [-0.2, 0) is 6.42 Å². The highest BCUT2D eigenvalue weighted by Crippen LogP contribution is 2.28. The maximum absolute atomic E-state index is 10.7. The predicted octanol–water partition coefficient (Wildman–Crippen LogP) is 3.76. The molecule has 0 heterocycles. The Kier molecular flexibility index (Phi) is 4.74. The van der Waals surface area contributed by atoms with Crippen LogP contribution in [0, 0.1) is 28.4 Å². The highest BCUT2D eigenvalue weighted by atomic mass is 16.6. The summed E-state index contributed by atoms with van der Waals surface area (Å²) in [5.41, 5.74) is 2.83. The molecular formula is C17H16N2O3. The molecule has 112 valence electrons. The van der Waals surface area contributed by atoms with E-state index in [1.807, 2.05) is 25.1 Å². The van der Waals surface area contributed by atoms with E-state index in [1.54, 1.807) is 19.2 Å². The Hall–Kier alpha value is -2.87. The zero-order valence-corrected chi connectivity index (χ0v) is 12.4. The van der Waals surface area contributed by atoms with Crippen molar-refractivity contribution >= 4 is 5.69 Å². The third-order valence-electron chi connectivity index (χ3n) is 3.52. The lowest BCUT2D eigenvalue weighted by Crippen LogP contribution is -2.03. The predicted molar refractivity (Wildman–Crippen MR) is 82.9 cm³/mol. The van der Waals surface area contributed by atoms with E-state index < -0.39 is 4.92 Å². The fourth-order valence-corrected chi connectivity index (χ4v) is 2.35. The molecule has 0 bridgehead atoms. The summed E-state index contributed by atoms with van der Waals surface area (Å²) in [7, 11) is 1.60. The molecule has 0 saturated heterocycles. The molecular weight excluding hydrogens is 280 g/mol. The molecule has 1 atom stereocenters. The second-order valence-corrected chi connectivity index (χ2v) is 5.05. The molecule has 0 radical (unpaired) electrons. The maximum Gasteiger partial charge on any atom is 0.269 e. The monoisotopic (exact) mass is 296 g/mol. The molecule has 0 amide bonds. The molecule has 0 aliphatic rings. The molecule has 5 heteroatoms. The summed E-state index contributed by atoms with van der Waals surface area (Å²) < 4.78 is 5.33. The minimum absolute atomic E-state index is 0.0218. The third kappa shape index (κ3) is 3.41. The number of ether oxygens (including phenoxy) is 1. The number of nitrogens with zero attached hydrogens (tertiary/aromatic N) is 2. The van der Waals surface area contributed by atoms with Crippen LogP contribution in [0.1, 0.15) is 22.6 Å². The molecule has 0 aromatic heterocycles. The molecule has 22 heavy (non-hydrogen) atoms. The Morgan fingerprint density at radius 3 is 2.50 bits per heavy atom. The maximum atomic E-state index is 10.7. The minimum Gasteiger partial charge on any atom is -0.496 e. The van der Waals surface area contributed by atoms with Gasteiger partial charge in [0.05, 0.1) is 24.0 Å². The Labute approximate surface area is 128 Å². The van der Waals surface area contributed by atoms with Gasteiger partial charge in [0.15, 0.2) is 0 Å². The van der Waals surface area contributed by atoms with Crippen molar-refractivity contribution in [1.29, 1.82) is 5.26 Å². The quantitative estimate of drug-likeness (QED) is 0.621. The Morgan fingerprint density at radius 1 is 1.27 bits per heavy atom. The number of nitro benzene ring substituents is 1. The summed E-state index contributed by atoms with van der Waals surface area (Å²) in [6, 6.07) is 14.2. The van der Waals surface area contributed by atoms with Gasteiger partial charge in [0.1, 0.15) is 5.75 Å². The van der Waals surface area contributed by atoms with Crippen LogP contribution in [0.5, 0.6) is 5.75 Å². The smallest absolute Gasteiger partial charge is 0.269 e. The lowest BCUT2D eigenvalue weighted by Gasteiger charge is -2.13. The van der Waals surface area contributed by atoms with E-state index >= 15 is 0 Å². The highest BCUT2D eigenvalue weighted by molar-refractivity contribution is 5.41. The highest BCUT2D eigenvalue weighted by Gasteiger charge is 2.16. The summed E-state index contributed by atoms with van der Waals surface area (Å²) in [5, 5.41) is 20.1. The molecule has 0 aliphatic carbocycles. The van der Waals surface area contributed by atoms with Gasteiger partial charge in [-0.05, 0) is 30.5 Å². The second-order valence-electron chi connectivity index (χ2n) is 5.05. The molecule has 0 spiro atoms. The Balaban J connectivity index is 2.28. The first-order valence-electron chi connectivity index (χ1n) is 6.82. The number of nitro groups is 1. The van der Waals surface area contributed by atoms with Gasteiger partial charge in [-0.15, -0.1) is 0 Å². The molecule has 2 aromatic rings. The third-order valence-corrected chi connectivity index (χ3v) is 3.52. The number of methoxy groups -OCH3 is 1. The van der Waals surface area contributed by atoms with Crippen molar-refractivity contribution in [3.05, 3.63) is 69.3 Å². The van der Waals surface area contributed by atoms with E-state index in [1.165, 1.54) is 12.1 Å². The normalized spacial score (nSPS) is 11.5. The lowest BCUT2D eigenvalue weighted by atomic mass is 9.92. The van der Waals surface area contributed by atoms with Crippen molar-refractivity contribution in [2.75, 3.05) is 7.11 Å². The van der Waals surface area contributed by atoms with Gasteiger partial charge < -0.3 is 4.74 Å². The van der Waals surface area contributed by atoms with Crippen molar-refractivity contribution in [3.8, 4) is 11.8 Å². The molecule has 2 aromatic carbocycles. The van der Waals surface area contributed by atoms with E-state index in [0.29, 0.717) is 6.42 Å². The largest absolute Gasteiger partial charge is 0.496 e. The number of nitriles is 1. The van der Waals surface area contributed by atoms with Crippen LogP contribution in [0.3, 0.4) is 0 Å². The molecule has 0 aliphatic heterocycles. The van der Waals surface area contributed by atoms with E-state index in [2.05, 4.69) is 6.07 Å². The summed E-state index contributed by atoms with van der Waals surface area (Å²) in [4.78, 5) is 10.2. The SMILES string of the molecule is COc1ccc(C)cc1CC(C#N)c1ccc([N+](=O)[O-])cc1. The van der Waals surface area contributed by atoms with Gasteiger partial charge in [-0.25, -0.2) is 0 Å². The average molecular weight is 296 g/mol. The molecule has 0 fully saturated rings. The van der Waals surface area contributed by atoms with Gasteiger partial charge >= 0.3 is 0 Å². The van der Waals surface area contributed by atoms with Crippen molar-refractivity contribution in [1.82, 2.24) is 0 Å². The molecule has 1 unspecified atom stereocenters. The fourth-order valence-electron chi connectivity index (χ4n) is 2.35. The average Bonchev–Trinajstić information content (AvgIpc) is 2.53. The van der Waals surface area contributed by atoms with Crippen LogP contribution in [0.4, 0.5) is 5.69 Å². The number of hydrogen-bond donors (Lipinski definition) is 0. The summed E-state index contributed by atoms with van der Waals surface area (Å²) >= 11 is 0. The van der Waals surface area contributed by atoms with Crippen molar-refractivity contribution < 1.29 is 9.66 Å². The van der Waals surface area contributed by atoms with Crippen LogP contribution in [0.2, 0.25) is 0 Å².